The summed E-state index contributed by atoms with van der Waals surface area (Å²) in [6, 6.07) is 11.7. The lowest BCUT2D eigenvalue weighted by Gasteiger charge is -2.08. The van der Waals surface area contributed by atoms with Crippen LogP contribution in [0.1, 0.15) is 5.69 Å². The number of nitrogens with zero attached hydrogens (tertiary/aromatic N) is 3. The molecule has 1 aliphatic heterocycles. The van der Waals surface area contributed by atoms with Gasteiger partial charge in [-0.15, -0.1) is 0 Å². The molecule has 0 aliphatic carbocycles. The number of hydrogen-bond donors (Lipinski definition) is 0. The number of aryl methyl sites for hydroxylation is 1. The van der Waals surface area contributed by atoms with E-state index in [1.807, 2.05) is 13.0 Å². The van der Waals surface area contributed by atoms with Crippen molar-refractivity contribution < 1.29 is 9.66 Å². The van der Waals surface area contributed by atoms with Gasteiger partial charge < -0.3 is 4.74 Å². The maximum absolute atomic E-state index is 11.0. The first-order chi connectivity index (χ1) is 11.0. The summed E-state index contributed by atoms with van der Waals surface area (Å²) >= 11 is 6.11. The number of aromatic nitrogens is 2. The Kier molecular flexibility index (Phi) is 2.89. The standard InChI is InChI=1S/C16H10ClN3O3/c1-9-6-14-12-7-10(17)2-5-15(12)23-16-8-11(20(21)22)3-4-13(16)19(14)18-9/h2-8H,1H3. The van der Waals surface area contributed by atoms with Crippen LogP contribution in [0.25, 0.3) is 16.9 Å². The molecule has 7 heteroatoms. The van der Waals surface area contributed by atoms with Crippen LogP contribution in [0, 0.1) is 17.0 Å². The van der Waals surface area contributed by atoms with Crippen molar-refractivity contribution in [3.8, 4) is 28.4 Å². The highest BCUT2D eigenvalue weighted by Crippen LogP contribution is 2.43. The van der Waals surface area contributed by atoms with Gasteiger partial charge in [0.2, 0.25) is 0 Å². The predicted octanol–water partition coefficient (Wildman–Crippen LogP) is 4.52. The Bertz CT molecular complexity index is 965. The van der Waals surface area contributed by atoms with E-state index in [1.165, 1.54) is 12.1 Å². The van der Waals surface area contributed by atoms with Gasteiger partial charge in [-0.3, -0.25) is 10.1 Å². The third-order valence-electron chi connectivity index (χ3n) is 3.65. The topological polar surface area (TPSA) is 70.2 Å². The number of halogens is 1. The molecule has 0 atom stereocenters. The average molecular weight is 328 g/mol. The minimum absolute atomic E-state index is 0.0356. The number of fused-ring (bicyclic) bond motifs is 5. The van der Waals surface area contributed by atoms with E-state index in [2.05, 4.69) is 5.10 Å². The number of benzene rings is 2. The monoisotopic (exact) mass is 327 g/mol. The lowest BCUT2D eigenvalue weighted by molar-refractivity contribution is -0.384. The van der Waals surface area contributed by atoms with Gasteiger partial charge in [0.15, 0.2) is 5.75 Å². The molecule has 1 aromatic heterocycles. The summed E-state index contributed by atoms with van der Waals surface area (Å²) in [5, 5.41) is 16.1. The third kappa shape index (κ3) is 2.15. The zero-order valence-electron chi connectivity index (χ0n) is 12.0. The van der Waals surface area contributed by atoms with Crippen molar-refractivity contribution in [3.05, 3.63) is 63.3 Å². The van der Waals surface area contributed by atoms with Crippen LogP contribution in [0.4, 0.5) is 5.69 Å². The maximum atomic E-state index is 11.0. The van der Waals surface area contributed by atoms with E-state index in [9.17, 15) is 10.1 Å². The molecular formula is C16H10ClN3O3. The summed E-state index contributed by atoms with van der Waals surface area (Å²) in [4.78, 5) is 10.6. The number of rotatable bonds is 1. The number of nitro benzene ring substituents is 1. The first-order valence-electron chi connectivity index (χ1n) is 6.86. The Hall–Kier alpha value is -2.86. The van der Waals surface area contributed by atoms with Crippen molar-refractivity contribution in [1.82, 2.24) is 9.78 Å². The second-order valence-corrected chi connectivity index (χ2v) is 5.67. The Morgan fingerprint density at radius 1 is 1.17 bits per heavy atom. The third-order valence-corrected chi connectivity index (χ3v) is 3.89. The molecule has 4 rings (SSSR count). The van der Waals surface area contributed by atoms with E-state index in [-0.39, 0.29) is 5.69 Å². The molecule has 1 aliphatic rings. The molecule has 0 amide bonds. The van der Waals surface area contributed by atoms with Crippen LogP contribution in [-0.2, 0) is 0 Å². The Balaban J connectivity index is 2.04. The van der Waals surface area contributed by atoms with Crippen LogP contribution < -0.4 is 4.74 Å². The second kappa shape index (κ2) is 4.82. The first-order valence-corrected chi connectivity index (χ1v) is 7.24. The van der Waals surface area contributed by atoms with Crippen LogP contribution in [0.3, 0.4) is 0 Å². The highest BCUT2D eigenvalue weighted by Gasteiger charge is 2.24. The number of non-ortho nitro benzene ring substituents is 1. The van der Waals surface area contributed by atoms with Gasteiger partial charge >= 0.3 is 0 Å². The Morgan fingerprint density at radius 3 is 2.78 bits per heavy atom. The average Bonchev–Trinajstić information content (AvgIpc) is 2.85. The van der Waals surface area contributed by atoms with E-state index in [4.69, 9.17) is 16.3 Å². The molecule has 114 valence electrons. The summed E-state index contributed by atoms with van der Waals surface area (Å²) in [6.45, 7) is 1.89. The molecule has 23 heavy (non-hydrogen) atoms. The summed E-state index contributed by atoms with van der Waals surface area (Å²) in [7, 11) is 0. The quantitative estimate of drug-likeness (QED) is 0.381. The van der Waals surface area contributed by atoms with Crippen LogP contribution in [-0.4, -0.2) is 14.7 Å². The van der Waals surface area contributed by atoms with Crippen molar-refractivity contribution in [2.75, 3.05) is 0 Å². The predicted molar refractivity (Wildman–Crippen MR) is 85.5 cm³/mol. The number of ether oxygens (including phenoxy) is 1. The van der Waals surface area contributed by atoms with Crippen LogP contribution in [0.5, 0.6) is 11.5 Å². The lowest BCUT2D eigenvalue weighted by atomic mass is 10.1. The molecule has 2 heterocycles. The molecule has 6 nitrogen and oxygen atoms in total. The van der Waals surface area contributed by atoms with Gasteiger partial charge in [0.05, 0.1) is 22.4 Å². The normalized spacial score (nSPS) is 11.7. The molecule has 0 radical (unpaired) electrons. The summed E-state index contributed by atoms with van der Waals surface area (Å²) in [5.41, 5.74) is 3.05. The fraction of sp³-hybridized carbons (Fsp3) is 0.0625. The minimum atomic E-state index is -0.452. The zero-order chi connectivity index (χ0) is 16.1. The molecule has 0 saturated carbocycles. The zero-order valence-corrected chi connectivity index (χ0v) is 12.7. The molecule has 0 fully saturated rings. The van der Waals surface area contributed by atoms with Crippen molar-refractivity contribution in [1.29, 1.82) is 0 Å². The molecule has 0 N–H and O–H groups in total. The van der Waals surface area contributed by atoms with Gasteiger partial charge in [-0.2, -0.15) is 5.10 Å². The van der Waals surface area contributed by atoms with E-state index in [0.717, 1.165) is 17.0 Å². The van der Waals surface area contributed by atoms with Crippen molar-refractivity contribution in [2.45, 2.75) is 6.92 Å². The molecule has 0 spiro atoms. The number of nitro groups is 1. The number of hydrogen-bond acceptors (Lipinski definition) is 4. The highest BCUT2D eigenvalue weighted by molar-refractivity contribution is 6.31. The fourth-order valence-electron chi connectivity index (χ4n) is 2.66. The Labute approximate surface area is 136 Å². The Morgan fingerprint density at radius 2 is 2.00 bits per heavy atom. The van der Waals surface area contributed by atoms with E-state index < -0.39 is 4.92 Å². The largest absolute Gasteiger partial charge is 0.454 e. The van der Waals surface area contributed by atoms with Crippen molar-refractivity contribution in [2.24, 2.45) is 0 Å². The smallest absolute Gasteiger partial charge is 0.273 e. The van der Waals surface area contributed by atoms with Gasteiger partial charge in [-0.05, 0) is 37.3 Å². The summed E-state index contributed by atoms with van der Waals surface area (Å²) in [5.74, 6) is 0.958. The van der Waals surface area contributed by atoms with Gasteiger partial charge in [0.25, 0.3) is 5.69 Å². The van der Waals surface area contributed by atoms with Crippen LogP contribution in [0.15, 0.2) is 42.5 Å². The maximum Gasteiger partial charge on any atom is 0.273 e. The van der Waals surface area contributed by atoms with Crippen LogP contribution >= 0.6 is 11.6 Å². The molecular weight excluding hydrogens is 318 g/mol. The van der Waals surface area contributed by atoms with Crippen LogP contribution in [0.2, 0.25) is 5.02 Å². The van der Waals surface area contributed by atoms with Crippen molar-refractivity contribution >= 4 is 17.3 Å². The van der Waals surface area contributed by atoms with Gasteiger partial charge in [-0.1, -0.05) is 11.6 Å². The molecule has 0 bridgehead atoms. The van der Waals surface area contributed by atoms with Gasteiger partial charge in [0.1, 0.15) is 11.4 Å². The fourth-order valence-corrected chi connectivity index (χ4v) is 2.83. The van der Waals surface area contributed by atoms with E-state index >= 15 is 0 Å². The summed E-state index contributed by atoms with van der Waals surface area (Å²) in [6.07, 6.45) is 0. The first kappa shape index (κ1) is 13.8. The lowest BCUT2D eigenvalue weighted by Crippen LogP contribution is -1.99. The second-order valence-electron chi connectivity index (χ2n) is 5.23. The summed E-state index contributed by atoms with van der Waals surface area (Å²) < 4.78 is 7.62. The minimum Gasteiger partial charge on any atom is -0.454 e. The highest BCUT2D eigenvalue weighted by atomic mass is 35.5. The van der Waals surface area contributed by atoms with Gasteiger partial charge in [-0.25, -0.2) is 4.68 Å². The molecule has 0 unspecified atom stereocenters. The van der Waals surface area contributed by atoms with E-state index in [0.29, 0.717) is 22.2 Å². The van der Waals surface area contributed by atoms with E-state index in [1.54, 1.807) is 28.9 Å². The van der Waals surface area contributed by atoms with Crippen molar-refractivity contribution in [3.63, 3.8) is 0 Å². The molecule has 3 aromatic rings. The molecule has 0 saturated heterocycles. The van der Waals surface area contributed by atoms with Gasteiger partial charge in [0, 0.05) is 16.7 Å². The molecule has 2 aromatic carbocycles. The SMILES string of the molecule is Cc1cc2n(n1)-c1ccc([N+](=O)[O-])cc1Oc1ccc(Cl)cc1-2.